The Morgan fingerprint density at radius 2 is 2.05 bits per heavy atom. The van der Waals surface area contributed by atoms with Crippen LogP contribution in [-0.2, 0) is 0 Å². The number of hydrogen-bond acceptors (Lipinski definition) is 6. The Hall–Kier alpha value is -1.78. The largest absolute Gasteiger partial charge is 0.396 e. The molecule has 1 aromatic rings. The van der Waals surface area contributed by atoms with Gasteiger partial charge in [0.25, 0.3) is 5.91 Å². The van der Waals surface area contributed by atoms with E-state index in [1.807, 2.05) is 6.07 Å². The Balaban J connectivity index is 2.22. The van der Waals surface area contributed by atoms with Crippen LogP contribution in [0.2, 0.25) is 0 Å². The molecule has 0 unspecified atom stereocenters. The van der Waals surface area contributed by atoms with E-state index in [0.717, 1.165) is 44.1 Å². The minimum atomic E-state index is -0.564. The molecule has 0 spiro atoms. The third kappa shape index (κ3) is 2.71. The van der Waals surface area contributed by atoms with Crippen LogP contribution in [0.4, 0.5) is 10.7 Å². The van der Waals surface area contributed by atoms with Crippen molar-refractivity contribution in [1.82, 2.24) is 4.90 Å². The molecule has 1 fully saturated rings. The predicted octanol–water partition coefficient (Wildman–Crippen LogP) is 0.833. The van der Waals surface area contributed by atoms with Gasteiger partial charge in [0, 0.05) is 26.2 Å². The summed E-state index contributed by atoms with van der Waals surface area (Å²) in [5.41, 5.74) is 11.8. The molecule has 0 aromatic carbocycles. The number of piperazine rings is 1. The fourth-order valence-electron chi connectivity index (χ4n) is 2.47. The van der Waals surface area contributed by atoms with Gasteiger partial charge in [-0.1, -0.05) is 6.92 Å². The number of thiophene rings is 1. The molecule has 20 heavy (non-hydrogen) atoms. The Morgan fingerprint density at radius 3 is 2.55 bits per heavy atom. The minimum Gasteiger partial charge on any atom is -0.396 e. The van der Waals surface area contributed by atoms with Crippen LogP contribution in [0, 0.1) is 11.3 Å². The van der Waals surface area contributed by atoms with Crippen LogP contribution >= 0.6 is 11.3 Å². The predicted molar refractivity (Wildman–Crippen MR) is 80.9 cm³/mol. The molecule has 4 N–H and O–H groups in total. The molecule has 1 amide bonds. The lowest BCUT2D eigenvalue weighted by molar-refractivity contribution is 0.100. The number of nitrogens with two attached hydrogens (primary N) is 2. The lowest BCUT2D eigenvalue weighted by Crippen LogP contribution is -2.46. The van der Waals surface area contributed by atoms with Gasteiger partial charge in [0.15, 0.2) is 0 Å². The molecule has 0 radical (unpaired) electrons. The van der Waals surface area contributed by atoms with Crippen LogP contribution in [-0.4, -0.2) is 43.5 Å². The number of rotatable bonds is 4. The van der Waals surface area contributed by atoms with E-state index in [0.29, 0.717) is 10.4 Å². The van der Waals surface area contributed by atoms with Gasteiger partial charge in [0.05, 0.1) is 11.3 Å². The van der Waals surface area contributed by atoms with Crippen molar-refractivity contribution in [2.75, 3.05) is 43.4 Å². The Labute approximate surface area is 122 Å². The molecule has 6 nitrogen and oxygen atoms in total. The van der Waals surface area contributed by atoms with E-state index < -0.39 is 5.91 Å². The zero-order valence-electron chi connectivity index (χ0n) is 11.6. The molecular formula is C13H19N5OS. The number of anilines is 2. The highest BCUT2D eigenvalue weighted by atomic mass is 32.1. The molecule has 0 aliphatic carbocycles. The minimum absolute atomic E-state index is 0.219. The number of nitrogen functional groups attached to an aromatic ring is 1. The molecule has 2 rings (SSSR count). The van der Waals surface area contributed by atoms with Crippen molar-refractivity contribution in [3.05, 3.63) is 10.4 Å². The molecule has 7 heteroatoms. The van der Waals surface area contributed by atoms with Gasteiger partial charge in [-0.15, -0.1) is 11.3 Å². The van der Waals surface area contributed by atoms with Gasteiger partial charge in [0.1, 0.15) is 15.9 Å². The number of carbonyl (C=O) groups excluding carboxylic acids is 1. The third-order valence-corrected chi connectivity index (χ3v) is 4.64. The first-order valence-electron chi connectivity index (χ1n) is 6.68. The maximum atomic E-state index is 11.6. The molecule has 0 atom stereocenters. The second kappa shape index (κ2) is 6.11. The summed E-state index contributed by atoms with van der Waals surface area (Å²) in [6, 6.07) is 2.03. The van der Waals surface area contributed by atoms with Crippen molar-refractivity contribution >= 4 is 27.9 Å². The number of carbonyl (C=O) groups is 1. The van der Waals surface area contributed by atoms with Crippen LogP contribution in [0.25, 0.3) is 0 Å². The van der Waals surface area contributed by atoms with Gasteiger partial charge < -0.3 is 16.4 Å². The zero-order valence-corrected chi connectivity index (χ0v) is 12.4. The van der Waals surface area contributed by atoms with E-state index in [9.17, 15) is 4.79 Å². The van der Waals surface area contributed by atoms with Crippen molar-refractivity contribution in [2.45, 2.75) is 13.3 Å². The summed E-state index contributed by atoms with van der Waals surface area (Å²) in [4.78, 5) is 16.4. The number of nitriles is 1. The smallest absolute Gasteiger partial charge is 0.253 e. The summed E-state index contributed by atoms with van der Waals surface area (Å²) in [6.45, 7) is 6.80. The fourth-order valence-corrected chi connectivity index (χ4v) is 3.54. The summed E-state index contributed by atoms with van der Waals surface area (Å²) in [5, 5.41) is 9.79. The number of primary amides is 1. The quantitative estimate of drug-likeness (QED) is 0.856. The second-order valence-electron chi connectivity index (χ2n) is 4.83. The van der Waals surface area contributed by atoms with Gasteiger partial charge in [0.2, 0.25) is 0 Å². The monoisotopic (exact) mass is 293 g/mol. The Morgan fingerprint density at radius 1 is 1.40 bits per heavy atom. The molecule has 0 bridgehead atoms. The van der Waals surface area contributed by atoms with E-state index in [2.05, 4.69) is 16.7 Å². The average molecular weight is 293 g/mol. The maximum absolute atomic E-state index is 11.6. The molecule has 2 heterocycles. The zero-order chi connectivity index (χ0) is 14.7. The molecule has 0 saturated carbocycles. The number of hydrogen-bond donors (Lipinski definition) is 2. The van der Waals surface area contributed by atoms with Crippen molar-refractivity contribution in [1.29, 1.82) is 5.26 Å². The van der Waals surface area contributed by atoms with Crippen molar-refractivity contribution in [2.24, 2.45) is 5.73 Å². The van der Waals surface area contributed by atoms with E-state index >= 15 is 0 Å². The van der Waals surface area contributed by atoms with E-state index in [1.54, 1.807) is 0 Å². The summed E-state index contributed by atoms with van der Waals surface area (Å²) in [5.74, 6) is -0.564. The topological polar surface area (TPSA) is 99.4 Å². The lowest BCUT2D eigenvalue weighted by Gasteiger charge is -2.35. The highest BCUT2D eigenvalue weighted by Crippen LogP contribution is 2.37. The van der Waals surface area contributed by atoms with E-state index in [4.69, 9.17) is 16.7 Å². The molecule has 108 valence electrons. The molecule has 1 saturated heterocycles. The average Bonchev–Trinajstić information content (AvgIpc) is 2.77. The van der Waals surface area contributed by atoms with Crippen LogP contribution in [0.15, 0.2) is 0 Å². The van der Waals surface area contributed by atoms with Crippen LogP contribution in [0.1, 0.15) is 28.6 Å². The first-order chi connectivity index (χ1) is 9.58. The summed E-state index contributed by atoms with van der Waals surface area (Å²) in [6.07, 6.45) is 1.14. The van der Waals surface area contributed by atoms with Crippen LogP contribution in [0.3, 0.4) is 0 Å². The number of amides is 1. The summed E-state index contributed by atoms with van der Waals surface area (Å²) >= 11 is 1.26. The first kappa shape index (κ1) is 14.6. The standard InChI is InChI=1S/C13H19N5OS/c1-2-3-17-4-6-18(7-5-17)13-10(12(16)19)11(15)9(8-14)20-13/h2-7,15H2,1H3,(H2,16,19). The third-order valence-electron chi connectivity index (χ3n) is 3.47. The summed E-state index contributed by atoms with van der Waals surface area (Å²) < 4.78 is 0. The van der Waals surface area contributed by atoms with Gasteiger partial charge in [-0.25, -0.2) is 0 Å². The second-order valence-corrected chi connectivity index (χ2v) is 5.83. The van der Waals surface area contributed by atoms with Crippen molar-refractivity contribution < 1.29 is 4.79 Å². The van der Waals surface area contributed by atoms with E-state index in [1.165, 1.54) is 11.3 Å². The summed E-state index contributed by atoms with van der Waals surface area (Å²) in [7, 11) is 0. The Kier molecular flexibility index (Phi) is 4.47. The SMILES string of the molecule is CCCN1CCN(c2sc(C#N)c(N)c2C(N)=O)CC1. The fraction of sp³-hybridized carbons (Fsp3) is 0.538. The van der Waals surface area contributed by atoms with Crippen molar-refractivity contribution in [3.63, 3.8) is 0 Å². The van der Waals surface area contributed by atoms with Gasteiger partial charge >= 0.3 is 0 Å². The van der Waals surface area contributed by atoms with Crippen LogP contribution < -0.4 is 16.4 Å². The molecule has 1 aliphatic heterocycles. The van der Waals surface area contributed by atoms with Gasteiger partial charge in [-0.05, 0) is 13.0 Å². The first-order valence-corrected chi connectivity index (χ1v) is 7.49. The highest BCUT2D eigenvalue weighted by molar-refractivity contribution is 7.17. The van der Waals surface area contributed by atoms with Gasteiger partial charge in [-0.3, -0.25) is 9.69 Å². The normalized spacial score (nSPS) is 16.1. The van der Waals surface area contributed by atoms with Gasteiger partial charge in [-0.2, -0.15) is 5.26 Å². The molecule has 1 aromatic heterocycles. The highest BCUT2D eigenvalue weighted by Gasteiger charge is 2.26. The number of nitrogens with zero attached hydrogens (tertiary/aromatic N) is 3. The molecule has 1 aliphatic rings. The van der Waals surface area contributed by atoms with Crippen molar-refractivity contribution in [3.8, 4) is 6.07 Å². The lowest BCUT2D eigenvalue weighted by atomic mass is 10.2. The van der Waals surface area contributed by atoms with Crippen LogP contribution in [0.5, 0.6) is 0 Å². The maximum Gasteiger partial charge on any atom is 0.253 e. The van der Waals surface area contributed by atoms with E-state index in [-0.39, 0.29) is 5.69 Å². The Bertz CT molecular complexity index is 540. The molecular weight excluding hydrogens is 274 g/mol.